The zero-order valence-corrected chi connectivity index (χ0v) is 18.4. The van der Waals surface area contributed by atoms with Crippen LogP contribution in [0.4, 0.5) is 0 Å². The van der Waals surface area contributed by atoms with Crippen molar-refractivity contribution in [2.75, 3.05) is 39.8 Å². The van der Waals surface area contributed by atoms with Crippen molar-refractivity contribution in [2.45, 2.75) is 64.1 Å². The molecule has 0 aromatic heterocycles. The Bertz CT molecular complexity index is 492. The van der Waals surface area contributed by atoms with Gasteiger partial charge >= 0.3 is 0 Å². The average Bonchev–Trinajstić information content (AvgIpc) is 3.25. The van der Waals surface area contributed by atoms with Gasteiger partial charge in [-0.2, -0.15) is 0 Å². The molecule has 0 bridgehead atoms. The van der Waals surface area contributed by atoms with Crippen molar-refractivity contribution in [3.63, 3.8) is 0 Å². The van der Waals surface area contributed by atoms with E-state index in [0.29, 0.717) is 18.1 Å². The number of likely N-dealkylation sites (tertiary alicyclic amines) is 2. The quantitative estimate of drug-likeness (QED) is 0.389. The van der Waals surface area contributed by atoms with Crippen LogP contribution in [0.25, 0.3) is 0 Å². The number of halogens is 1. The van der Waals surface area contributed by atoms with Gasteiger partial charge < -0.3 is 15.0 Å². The van der Waals surface area contributed by atoms with Gasteiger partial charge in [0.2, 0.25) is 0 Å². The summed E-state index contributed by atoms with van der Waals surface area (Å²) in [6.07, 6.45) is 7.08. The number of hydrogen-bond donors (Lipinski definition) is 1. The fourth-order valence-electron chi connectivity index (χ4n) is 5.57. The summed E-state index contributed by atoms with van der Waals surface area (Å²) in [7, 11) is 1.94. The van der Waals surface area contributed by atoms with E-state index in [1.165, 1.54) is 45.2 Å². The molecule has 6 heteroatoms. The molecule has 3 aliphatic heterocycles. The van der Waals surface area contributed by atoms with Crippen molar-refractivity contribution < 1.29 is 4.74 Å². The van der Waals surface area contributed by atoms with Gasteiger partial charge in [-0.15, -0.1) is 24.0 Å². The molecular weight excluding hydrogens is 427 g/mol. The van der Waals surface area contributed by atoms with Crippen molar-refractivity contribution in [3.05, 3.63) is 0 Å². The lowest BCUT2D eigenvalue weighted by molar-refractivity contribution is -0.107. The number of aliphatic imine (C=N–C) groups is 1. The van der Waals surface area contributed by atoms with Crippen LogP contribution in [-0.4, -0.2) is 73.8 Å². The van der Waals surface area contributed by atoms with Gasteiger partial charge in [-0.3, -0.25) is 9.89 Å². The van der Waals surface area contributed by atoms with Crippen LogP contribution < -0.4 is 5.32 Å². The van der Waals surface area contributed by atoms with Crippen LogP contribution in [0.3, 0.4) is 0 Å². The van der Waals surface area contributed by atoms with E-state index in [1.54, 1.807) is 0 Å². The zero-order valence-electron chi connectivity index (χ0n) is 16.0. The highest BCUT2D eigenvalue weighted by atomic mass is 127. The van der Waals surface area contributed by atoms with E-state index in [4.69, 9.17) is 4.74 Å². The fraction of sp³-hybridized carbons (Fsp3) is 0.947. The standard InChI is InChI=1S/C19H34N4O.HI/c1-19(2)16(15-8-12-24-17(15)19)21-18(20-3)23-11-7-14(13-23)22-9-5-4-6-10-22;/h14-17H,4-13H2,1-3H3,(H,20,21);1H. The van der Waals surface area contributed by atoms with Crippen LogP contribution in [0.5, 0.6) is 0 Å². The van der Waals surface area contributed by atoms with Gasteiger partial charge in [0.25, 0.3) is 0 Å². The molecule has 5 nitrogen and oxygen atoms in total. The molecule has 0 amide bonds. The maximum atomic E-state index is 5.93. The molecule has 3 saturated heterocycles. The zero-order chi connectivity index (χ0) is 16.7. The van der Waals surface area contributed by atoms with Crippen LogP contribution in [0.15, 0.2) is 4.99 Å². The third-order valence-electron chi connectivity index (χ3n) is 6.97. The Labute approximate surface area is 170 Å². The Kier molecular flexibility index (Phi) is 6.21. The van der Waals surface area contributed by atoms with Crippen LogP contribution >= 0.6 is 24.0 Å². The van der Waals surface area contributed by atoms with Gasteiger partial charge in [0.05, 0.1) is 6.10 Å². The minimum atomic E-state index is 0. The maximum Gasteiger partial charge on any atom is 0.193 e. The second-order valence-corrected chi connectivity index (χ2v) is 8.72. The lowest BCUT2D eigenvalue weighted by Crippen LogP contribution is -2.68. The molecular formula is C19H35IN4O. The van der Waals surface area contributed by atoms with E-state index in [9.17, 15) is 0 Å². The molecule has 0 spiro atoms. The SMILES string of the molecule is CN=C(NC1C2CCOC2C1(C)C)N1CCC(N2CCCCC2)C1.I. The Hall–Kier alpha value is -0.0800. The second kappa shape index (κ2) is 7.89. The Morgan fingerprint density at radius 1 is 1.12 bits per heavy atom. The molecule has 4 rings (SSSR count). The number of nitrogens with zero attached hydrogens (tertiary/aromatic N) is 3. The van der Waals surface area contributed by atoms with Gasteiger partial charge in [0, 0.05) is 50.2 Å². The predicted octanol–water partition coefficient (Wildman–Crippen LogP) is 2.55. The summed E-state index contributed by atoms with van der Waals surface area (Å²) in [5, 5.41) is 3.81. The lowest BCUT2D eigenvalue weighted by Gasteiger charge is -2.55. The molecule has 0 aromatic rings. The number of piperidine rings is 1. The number of nitrogens with one attached hydrogen (secondary N) is 1. The van der Waals surface area contributed by atoms with Crippen molar-refractivity contribution in [1.29, 1.82) is 0 Å². The van der Waals surface area contributed by atoms with Crippen LogP contribution in [0.1, 0.15) is 46.0 Å². The number of guanidine groups is 1. The highest BCUT2D eigenvalue weighted by molar-refractivity contribution is 14.0. The maximum absolute atomic E-state index is 5.93. The molecule has 4 unspecified atom stereocenters. The smallest absolute Gasteiger partial charge is 0.193 e. The van der Waals surface area contributed by atoms with Crippen LogP contribution in [0, 0.1) is 11.3 Å². The van der Waals surface area contributed by atoms with E-state index in [-0.39, 0.29) is 29.4 Å². The summed E-state index contributed by atoms with van der Waals surface area (Å²) in [4.78, 5) is 9.82. The molecule has 25 heavy (non-hydrogen) atoms. The molecule has 0 radical (unpaired) electrons. The van der Waals surface area contributed by atoms with Gasteiger partial charge in [0.1, 0.15) is 0 Å². The van der Waals surface area contributed by atoms with Crippen LogP contribution in [-0.2, 0) is 4.74 Å². The van der Waals surface area contributed by atoms with Crippen molar-refractivity contribution in [3.8, 4) is 0 Å². The Morgan fingerprint density at radius 2 is 1.88 bits per heavy atom. The third-order valence-corrected chi connectivity index (χ3v) is 6.97. The van der Waals surface area contributed by atoms with Gasteiger partial charge in [-0.25, -0.2) is 0 Å². The molecule has 1 saturated carbocycles. The average molecular weight is 462 g/mol. The number of rotatable bonds is 2. The largest absolute Gasteiger partial charge is 0.377 e. The molecule has 0 aromatic carbocycles. The molecule has 4 atom stereocenters. The van der Waals surface area contributed by atoms with E-state index in [0.717, 1.165) is 31.7 Å². The molecule has 4 fully saturated rings. The molecule has 144 valence electrons. The second-order valence-electron chi connectivity index (χ2n) is 8.72. The summed E-state index contributed by atoms with van der Waals surface area (Å²) in [5.41, 5.74) is 0.211. The molecule has 3 heterocycles. The highest BCUT2D eigenvalue weighted by Crippen LogP contribution is 2.52. The van der Waals surface area contributed by atoms with Crippen molar-refractivity contribution >= 4 is 29.9 Å². The monoisotopic (exact) mass is 462 g/mol. The summed E-state index contributed by atoms with van der Waals surface area (Å²) in [6, 6.07) is 1.22. The third kappa shape index (κ3) is 3.55. The predicted molar refractivity (Wildman–Crippen MR) is 113 cm³/mol. The van der Waals surface area contributed by atoms with E-state index in [2.05, 4.69) is 34.0 Å². The topological polar surface area (TPSA) is 40.1 Å². The first-order chi connectivity index (χ1) is 11.6. The van der Waals surface area contributed by atoms with Gasteiger partial charge in [-0.05, 0) is 38.8 Å². The van der Waals surface area contributed by atoms with Gasteiger partial charge in [-0.1, -0.05) is 20.3 Å². The van der Waals surface area contributed by atoms with E-state index < -0.39 is 0 Å². The van der Waals surface area contributed by atoms with Crippen molar-refractivity contribution in [2.24, 2.45) is 16.3 Å². The normalized spacial score (nSPS) is 38.0. The number of hydrogen-bond acceptors (Lipinski definition) is 3. The summed E-state index contributed by atoms with van der Waals surface area (Å²) < 4.78 is 5.93. The summed E-state index contributed by atoms with van der Waals surface area (Å²) >= 11 is 0. The van der Waals surface area contributed by atoms with E-state index >= 15 is 0 Å². The lowest BCUT2D eigenvalue weighted by atomic mass is 9.57. The number of ether oxygens (including phenoxy) is 1. The first kappa shape index (κ1) is 19.7. The van der Waals surface area contributed by atoms with Gasteiger partial charge in [0.15, 0.2) is 5.96 Å². The first-order valence-electron chi connectivity index (χ1n) is 9.95. The number of fused-ring (bicyclic) bond motifs is 1. The molecule has 4 aliphatic rings. The minimum absolute atomic E-state index is 0. The molecule has 1 aliphatic carbocycles. The summed E-state index contributed by atoms with van der Waals surface area (Å²) in [6.45, 7) is 10.5. The highest BCUT2D eigenvalue weighted by Gasteiger charge is 2.59. The Morgan fingerprint density at radius 3 is 2.60 bits per heavy atom. The fourth-order valence-corrected chi connectivity index (χ4v) is 5.57. The Balaban J connectivity index is 0.00000182. The summed E-state index contributed by atoms with van der Waals surface area (Å²) in [5.74, 6) is 1.77. The van der Waals surface area contributed by atoms with E-state index in [1.807, 2.05) is 7.05 Å². The first-order valence-corrected chi connectivity index (χ1v) is 9.95. The minimum Gasteiger partial charge on any atom is -0.377 e. The van der Waals surface area contributed by atoms with Crippen LogP contribution in [0.2, 0.25) is 0 Å². The van der Waals surface area contributed by atoms with Crippen molar-refractivity contribution in [1.82, 2.24) is 15.1 Å². The molecule has 1 N–H and O–H groups in total.